The van der Waals surface area contributed by atoms with Gasteiger partial charge in [0.25, 0.3) is 0 Å². The van der Waals surface area contributed by atoms with Crippen LogP contribution in [0.2, 0.25) is 0 Å². The quantitative estimate of drug-likeness (QED) is 0.156. The van der Waals surface area contributed by atoms with Crippen LogP contribution in [0.5, 0.6) is 0 Å². The van der Waals surface area contributed by atoms with Crippen molar-refractivity contribution in [2.75, 3.05) is 0 Å². The molecule has 0 spiro atoms. The van der Waals surface area contributed by atoms with Gasteiger partial charge in [-0.3, -0.25) is 0 Å². The van der Waals surface area contributed by atoms with Gasteiger partial charge in [-0.2, -0.15) is 0 Å². The molecule has 0 aliphatic heterocycles. The highest BCUT2D eigenvalue weighted by atomic mass is 14.2. The maximum Gasteiger partial charge on any atom is -0.00132 e. The Bertz CT molecular complexity index is 2950. The Morgan fingerprint density at radius 3 is 1.18 bits per heavy atom. The second kappa shape index (κ2) is 21.6. The molecular formula is C67H62. The van der Waals surface area contributed by atoms with Gasteiger partial charge in [0.05, 0.1) is 0 Å². The molecule has 0 N–H and O–H groups in total. The molecule has 0 bridgehead atoms. The van der Waals surface area contributed by atoms with E-state index in [1.807, 2.05) is 26.0 Å². The van der Waals surface area contributed by atoms with E-state index in [4.69, 9.17) is 0 Å². The van der Waals surface area contributed by atoms with E-state index in [-0.39, 0.29) is 5.41 Å². The van der Waals surface area contributed by atoms with Crippen LogP contribution in [0.4, 0.5) is 0 Å². The maximum absolute atomic E-state index is 2.37. The Balaban J connectivity index is 0.000000137. The Morgan fingerprint density at radius 1 is 0.328 bits per heavy atom. The minimum Gasteiger partial charge on any atom is -0.0779 e. The van der Waals surface area contributed by atoms with Crippen LogP contribution in [-0.4, -0.2) is 0 Å². The fourth-order valence-corrected chi connectivity index (χ4v) is 8.73. The fraction of sp³-hybridized carbons (Fsp3) is 0.134. The highest BCUT2D eigenvalue weighted by Crippen LogP contribution is 2.39. The molecule has 0 unspecified atom stereocenters. The average molecular weight is 867 g/mol. The van der Waals surface area contributed by atoms with Gasteiger partial charge in [0, 0.05) is 0 Å². The molecule has 0 amide bonds. The number of allylic oxidation sites excluding steroid dienone is 4. The first-order valence-electron chi connectivity index (χ1n) is 23.9. The zero-order valence-electron chi connectivity index (χ0n) is 40.0. The van der Waals surface area contributed by atoms with Crippen molar-refractivity contribution < 1.29 is 0 Å². The molecule has 0 aromatic heterocycles. The lowest BCUT2D eigenvalue weighted by Crippen LogP contribution is -2.08. The van der Waals surface area contributed by atoms with E-state index < -0.39 is 0 Å². The summed E-state index contributed by atoms with van der Waals surface area (Å²) in [5.41, 5.74) is 23.9. The first-order chi connectivity index (χ1) is 32.7. The molecule has 2 aliphatic rings. The van der Waals surface area contributed by atoms with Crippen molar-refractivity contribution in [2.45, 2.75) is 54.4 Å². The van der Waals surface area contributed by atoms with Crippen molar-refractivity contribution in [3.63, 3.8) is 0 Å². The molecule has 0 fully saturated rings. The molecule has 67 heavy (non-hydrogen) atoms. The molecule has 11 rings (SSSR count). The molecular weight excluding hydrogens is 805 g/mol. The van der Waals surface area contributed by atoms with Crippen LogP contribution >= 0.6 is 0 Å². The van der Waals surface area contributed by atoms with Gasteiger partial charge in [-0.15, -0.1) is 0 Å². The van der Waals surface area contributed by atoms with Gasteiger partial charge in [0.1, 0.15) is 0 Å². The molecule has 0 nitrogen and oxygen atoms in total. The molecule has 0 radical (unpaired) electrons. The summed E-state index contributed by atoms with van der Waals surface area (Å²) in [6, 6.07) is 80.4. The molecule has 2 aliphatic carbocycles. The summed E-state index contributed by atoms with van der Waals surface area (Å²) in [6.07, 6.45) is 9.11. The van der Waals surface area contributed by atoms with Crippen LogP contribution < -0.4 is 0 Å². The van der Waals surface area contributed by atoms with E-state index in [1.54, 1.807) is 0 Å². The number of rotatable bonds is 6. The summed E-state index contributed by atoms with van der Waals surface area (Å²) in [5.74, 6) is 0. The summed E-state index contributed by atoms with van der Waals surface area (Å²) in [4.78, 5) is 0. The van der Waals surface area contributed by atoms with Gasteiger partial charge in [0.15, 0.2) is 0 Å². The SMILES string of the molecule is CC.CC1(C)C=CC(c2ccc(-c3ccc4c(c3)Cc3ccccc3-4)cc2)=CC1.Cc1ccc(-c2cccc(-c3ccccc3)c2)cc1.Cc1ccc(-c2cccc(-c3ccccc3)c2)cc1. The molecule has 9 aromatic rings. The smallest absolute Gasteiger partial charge is 0.00132 e. The zero-order chi connectivity index (χ0) is 46.6. The molecule has 0 heteroatoms. The van der Waals surface area contributed by atoms with Gasteiger partial charge < -0.3 is 0 Å². The topological polar surface area (TPSA) is 0 Å². The van der Waals surface area contributed by atoms with Crippen LogP contribution in [0.1, 0.15) is 61.9 Å². The van der Waals surface area contributed by atoms with Gasteiger partial charge >= 0.3 is 0 Å². The second-order valence-corrected chi connectivity index (χ2v) is 18.1. The van der Waals surface area contributed by atoms with E-state index >= 15 is 0 Å². The molecule has 0 saturated carbocycles. The van der Waals surface area contributed by atoms with Crippen LogP contribution in [-0.2, 0) is 6.42 Å². The van der Waals surface area contributed by atoms with Gasteiger partial charge in [-0.25, -0.2) is 0 Å². The van der Waals surface area contributed by atoms with Crippen molar-refractivity contribution in [3.8, 4) is 66.8 Å². The zero-order valence-corrected chi connectivity index (χ0v) is 40.0. The number of fused-ring (bicyclic) bond motifs is 3. The number of benzene rings is 9. The summed E-state index contributed by atoms with van der Waals surface area (Å²) in [6.45, 7) is 12.8. The molecule has 0 saturated heterocycles. The lowest BCUT2D eigenvalue weighted by Gasteiger charge is -2.22. The van der Waals surface area contributed by atoms with Crippen LogP contribution in [0.25, 0.3) is 72.3 Å². The van der Waals surface area contributed by atoms with Crippen molar-refractivity contribution in [1.82, 2.24) is 0 Å². The summed E-state index contributed by atoms with van der Waals surface area (Å²) >= 11 is 0. The first-order valence-corrected chi connectivity index (χ1v) is 23.9. The monoisotopic (exact) mass is 866 g/mol. The Hall–Kier alpha value is -7.54. The van der Waals surface area contributed by atoms with E-state index in [9.17, 15) is 0 Å². The minimum absolute atomic E-state index is 0.283. The van der Waals surface area contributed by atoms with E-state index in [1.165, 1.54) is 100 Å². The number of aryl methyl sites for hydroxylation is 2. The predicted molar refractivity (Wildman–Crippen MR) is 291 cm³/mol. The summed E-state index contributed by atoms with van der Waals surface area (Å²) in [5, 5.41) is 0. The van der Waals surface area contributed by atoms with Crippen LogP contribution in [0.15, 0.2) is 243 Å². The summed E-state index contributed by atoms with van der Waals surface area (Å²) < 4.78 is 0. The summed E-state index contributed by atoms with van der Waals surface area (Å²) in [7, 11) is 0. The minimum atomic E-state index is 0.283. The highest BCUT2D eigenvalue weighted by molar-refractivity contribution is 5.82. The lowest BCUT2D eigenvalue weighted by atomic mass is 9.82. The molecule has 0 heterocycles. The van der Waals surface area contributed by atoms with E-state index in [0.29, 0.717) is 0 Å². The average Bonchev–Trinajstić information content (AvgIpc) is 3.77. The predicted octanol–water partition coefficient (Wildman–Crippen LogP) is 19.0. The Labute approximate surface area is 400 Å². The molecule has 0 atom stereocenters. The van der Waals surface area contributed by atoms with Crippen molar-refractivity contribution in [3.05, 3.63) is 271 Å². The van der Waals surface area contributed by atoms with Gasteiger partial charge in [-0.05, 0) is 133 Å². The maximum atomic E-state index is 2.37. The van der Waals surface area contributed by atoms with Crippen molar-refractivity contribution in [2.24, 2.45) is 5.41 Å². The van der Waals surface area contributed by atoms with E-state index in [0.717, 1.165) is 12.8 Å². The largest absolute Gasteiger partial charge is 0.0779 e. The Morgan fingerprint density at radius 2 is 0.701 bits per heavy atom. The third-order valence-corrected chi connectivity index (χ3v) is 12.6. The highest BCUT2D eigenvalue weighted by Gasteiger charge is 2.19. The normalized spacial score (nSPS) is 12.7. The third kappa shape index (κ3) is 11.7. The first kappa shape index (κ1) is 46.0. The number of hydrogen-bond acceptors (Lipinski definition) is 0. The third-order valence-electron chi connectivity index (χ3n) is 12.6. The Kier molecular flexibility index (Phi) is 14.9. The second-order valence-electron chi connectivity index (χ2n) is 18.1. The number of hydrogen-bond donors (Lipinski definition) is 0. The van der Waals surface area contributed by atoms with Gasteiger partial charge in [-0.1, -0.05) is 269 Å². The van der Waals surface area contributed by atoms with E-state index in [2.05, 4.69) is 258 Å². The van der Waals surface area contributed by atoms with Crippen molar-refractivity contribution >= 4 is 5.57 Å². The standard InChI is InChI=1S/C27H24.2C19H16.C2H6/c1-27(2)15-13-21(14-16-27)19-7-9-20(10-8-19)22-11-12-26-24(17-22)18-23-5-3-4-6-25(23)26;2*1-15-10-12-17(13-11-15)19-9-5-8-18(14-19)16-6-3-2-4-7-16;1-2/h3-15,17H,16,18H2,1-2H3;2*2-14H,1H3;1-2H3. The lowest BCUT2D eigenvalue weighted by molar-refractivity contribution is 0.485. The molecule has 9 aromatic carbocycles. The van der Waals surface area contributed by atoms with Gasteiger partial charge in [0.2, 0.25) is 0 Å². The van der Waals surface area contributed by atoms with Crippen LogP contribution in [0.3, 0.4) is 0 Å². The fourth-order valence-electron chi connectivity index (χ4n) is 8.73. The van der Waals surface area contributed by atoms with Crippen LogP contribution in [0, 0.1) is 19.3 Å². The molecule has 330 valence electrons. The van der Waals surface area contributed by atoms with Crippen molar-refractivity contribution in [1.29, 1.82) is 0 Å².